The van der Waals surface area contributed by atoms with Gasteiger partial charge in [-0.05, 0) is 36.8 Å². The maximum atomic E-state index is 13.0. The Bertz CT molecular complexity index is 861. The zero-order chi connectivity index (χ0) is 17.1. The van der Waals surface area contributed by atoms with Crippen LogP contribution in [0, 0.1) is 12.7 Å². The van der Waals surface area contributed by atoms with Crippen LogP contribution < -0.4 is 0 Å². The van der Waals surface area contributed by atoms with Crippen molar-refractivity contribution >= 4 is 17.2 Å². The van der Waals surface area contributed by atoms with Crippen LogP contribution in [0.5, 0.6) is 0 Å². The number of aryl methyl sites for hydroxylation is 1. The second-order valence-corrected chi connectivity index (χ2v) is 6.34. The first kappa shape index (κ1) is 16.3. The minimum atomic E-state index is -0.286. The number of benzene rings is 1. The molecule has 1 amide bonds. The standard InChI is InChI=1S/C18H16FN3OS/c1-12-17(24-11-21-12)16-9-14(7-8-20-16)18(23)22(2)10-13-3-5-15(19)6-4-13/h3-9,11H,10H2,1-2H3. The molecule has 0 atom stereocenters. The van der Waals surface area contributed by atoms with E-state index in [-0.39, 0.29) is 11.7 Å². The number of hydrogen-bond acceptors (Lipinski definition) is 4. The van der Waals surface area contributed by atoms with E-state index in [1.807, 2.05) is 6.92 Å². The van der Waals surface area contributed by atoms with Gasteiger partial charge in [-0.1, -0.05) is 12.1 Å². The molecule has 4 nitrogen and oxygen atoms in total. The van der Waals surface area contributed by atoms with Crippen LogP contribution in [0.3, 0.4) is 0 Å². The average molecular weight is 341 g/mol. The van der Waals surface area contributed by atoms with Gasteiger partial charge in [0, 0.05) is 25.4 Å². The molecule has 3 rings (SSSR count). The van der Waals surface area contributed by atoms with Crippen molar-refractivity contribution < 1.29 is 9.18 Å². The van der Waals surface area contributed by atoms with Gasteiger partial charge in [-0.15, -0.1) is 11.3 Å². The van der Waals surface area contributed by atoms with Crippen LogP contribution in [0.2, 0.25) is 0 Å². The van der Waals surface area contributed by atoms with E-state index in [0.29, 0.717) is 12.1 Å². The van der Waals surface area contributed by atoms with Crippen LogP contribution in [0.15, 0.2) is 48.1 Å². The Morgan fingerprint density at radius 3 is 2.62 bits per heavy atom. The van der Waals surface area contributed by atoms with Gasteiger partial charge in [-0.3, -0.25) is 9.78 Å². The summed E-state index contributed by atoms with van der Waals surface area (Å²) in [5, 5.41) is 0. The van der Waals surface area contributed by atoms with Crippen LogP contribution in [0.25, 0.3) is 10.6 Å². The lowest BCUT2D eigenvalue weighted by atomic mass is 10.1. The van der Waals surface area contributed by atoms with E-state index >= 15 is 0 Å². The van der Waals surface area contributed by atoms with Gasteiger partial charge in [0.25, 0.3) is 5.91 Å². The van der Waals surface area contributed by atoms with Crippen LogP contribution in [0.1, 0.15) is 21.6 Å². The molecule has 3 aromatic rings. The SMILES string of the molecule is Cc1ncsc1-c1cc(C(=O)N(C)Cc2ccc(F)cc2)ccn1. The minimum Gasteiger partial charge on any atom is -0.337 e. The lowest BCUT2D eigenvalue weighted by Gasteiger charge is -2.17. The van der Waals surface area contributed by atoms with E-state index in [2.05, 4.69) is 9.97 Å². The number of carbonyl (C=O) groups is 1. The summed E-state index contributed by atoms with van der Waals surface area (Å²) >= 11 is 1.50. The van der Waals surface area contributed by atoms with Crippen LogP contribution in [-0.2, 0) is 6.54 Å². The molecule has 0 bridgehead atoms. The number of carbonyl (C=O) groups excluding carboxylic acids is 1. The molecule has 122 valence electrons. The van der Waals surface area contributed by atoms with Crippen molar-refractivity contribution in [1.29, 1.82) is 0 Å². The second kappa shape index (κ2) is 6.88. The van der Waals surface area contributed by atoms with Crippen molar-refractivity contribution in [3.8, 4) is 10.6 Å². The average Bonchev–Trinajstić information content (AvgIpc) is 3.02. The van der Waals surface area contributed by atoms with E-state index in [4.69, 9.17) is 0 Å². The Balaban J connectivity index is 1.79. The number of hydrogen-bond donors (Lipinski definition) is 0. The van der Waals surface area contributed by atoms with Gasteiger partial charge >= 0.3 is 0 Å². The minimum absolute atomic E-state index is 0.106. The lowest BCUT2D eigenvalue weighted by molar-refractivity contribution is 0.0785. The number of aromatic nitrogens is 2. The van der Waals surface area contributed by atoms with Gasteiger partial charge in [0.05, 0.1) is 21.8 Å². The van der Waals surface area contributed by atoms with Gasteiger partial charge < -0.3 is 4.90 Å². The highest BCUT2D eigenvalue weighted by Gasteiger charge is 2.15. The third kappa shape index (κ3) is 3.49. The van der Waals surface area contributed by atoms with Crippen LogP contribution in [-0.4, -0.2) is 27.8 Å². The third-order valence-electron chi connectivity index (χ3n) is 3.66. The molecule has 0 spiro atoms. The molecule has 1 aromatic carbocycles. The highest BCUT2D eigenvalue weighted by molar-refractivity contribution is 7.13. The van der Waals surface area contributed by atoms with Gasteiger partial charge in [0.2, 0.25) is 0 Å². The Morgan fingerprint density at radius 2 is 1.96 bits per heavy atom. The summed E-state index contributed by atoms with van der Waals surface area (Å²) < 4.78 is 13.0. The summed E-state index contributed by atoms with van der Waals surface area (Å²) in [6.07, 6.45) is 1.63. The zero-order valence-electron chi connectivity index (χ0n) is 13.4. The quantitative estimate of drug-likeness (QED) is 0.722. The Labute approximate surface area is 143 Å². The van der Waals surface area contributed by atoms with Gasteiger partial charge in [-0.25, -0.2) is 9.37 Å². The highest BCUT2D eigenvalue weighted by Crippen LogP contribution is 2.26. The van der Waals surface area contributed by atoms with Crippen molar-refractivity contribution in [3.63, 3.8) is 0 Å². The molecule has 0 aliphatic heterocycles. The summed E-state index contributed by atoms with van der Waals surface area (Å²) in [7, 11) is 1.73. The zero-order valence-corrected chi connectivity index (χ0v) is 14.2. The number of rotatable bonds is 4. The first-order chi connectivity index (χ1) is 11.5. The van der Waals surface area contributed by atoms with Crippen molar-refractivity contribution in [2.75, 3.05) is 7.05 Å². The van der Waals surface area contributed by atoms with Crippen molar-refractivity contribution in [1.82, 2.24) is 14.9 Å². The molecule has 2 aromatic heterocycles. The molecule has 0 fully saturated rings. The summed E-state index contributed by atoms with van der Waals surface area (Å²) in [6.45, 7) is 2.33. The van der Waals surface area contributed by atoms with Crippen LogP contribution >= 0.6 is 11.3 Å². The molecule has 0 N–H and O–H groups in total. The van der Waals surface area contributed by atoms with Gasteiger partial charge in [0.15, 0.2) is 0 Å². The number of nitrogens with zero attached hydrogens (tertiary/aromatic N) is 3. The van der Waals surface area contributed by atoms with Gasteiger partial charge in [-0.2, -0.15) is 0 Å². The molecular weight excluding hydrogens is 325 g/mol. The van der Waals surface area contributed by atoms with E-state index in [1.54, 1.807) is 47.9 Å². The first-order valence-corrected chi connectivity index (χ1v) is 8.29. The highest BCUT2D eigenvalue weighted by atomic mass is 32.1. The molecular formula is C18H16FN3OS. The van der Waals surface area contributed by atoms with Crippen molar-refractivity contribution in [2.24, 2.45) is 0 Å². The number of pyridine rings is 1. The first-order valence-electron chi connectivity index (χ1n) is 7.41. The van der Waals surface area contributed by atoms with Crippen molar-refractivity contribution in [2.45, 2.75) is 13.5 Å². The fourth-order valence-electron chi connectivity index (χ4n) is 2.39. The Morgan fingerprint density at radius 1 is 1.21 bits per heavy atom. The Kier molecular flexibility index (Phi) is 4.66. The summed E-state index contributed by atoms with van der Waals surface area (Å²) in [6, 6.07) is 9.62. The van der Waals surface area contributed by atoms with Crippen molar-refractivity contribution in [3.05, 3.63) is 70.7 Å². The topological polar surface area (TPSA) is 46.1 Å². The molecule has 6 heteroatoms. The normalized spacial score (nSPS) is 10.6. The van der Waals surface area contributed by atoms with E-state index in [9.17, 15) is 9.18 Å². The predicted octanol–water partition coefficient (Wildman–Crippen LogP) is 3.92. The number of thiazole rings is 1. The molecule has 0 unspecified atom stereocenters. The third-order valence-corrected chi connectivity index (χ3v) is 4.62. The monoisotopic (exact) mass is 341 g/mol. The number of amides is 1. The molecule has 0 saturated heterocycles. The molecule has 0 aliphatic carbocycles. The summed E-state index contributed by atoms with van der Waals surface area (Å²) in [5.74, 6) is -0.392. The molecule has 0 aliphatic rings. The Hall–Kier alpha value is -2.60. The fraction of sp³-hybridized carbons (Fsp3) is 0.167. The van der Waals surface area contributed by atoms with E-state index in [0.717, 1.165) is 21.8 Å². The molecule has 24 heavy (non-hydrogen) atoms. The van der Waals surface area contributed by atoms with Crippen LogP contribution in [0.4, 0.5) is 4.39 Å². The summed E-state index contributed by atoms with van der Waals surface area (Å²) in [4.78, 5) is 23.8. The fourth-order valence-corrected chi connectivity index (χ4v) is 3.16. The molecule has 0 saturated carbocycles. The van der Waals surface area contributed by atoms with E-state index in [1.165, 1.54) is 23.5 Å². The number of halogens is 1. The molecule has 2 heterocycles. The summed E-state index contributed by atoms with van der Waals surface area (Å²) in [5.41, 5.74) is 4.85. The van der Waals surface area contributed by atoms with Gasteiger partial charge in [0.1, 0.15) is 5.82 Å². The predicted molar refractivity (Wildman–Crippen MR) is 92.3 cm³/mol. The van der Waals surface area contributed by atoms with E-state index < -0.39 is 0 Å². The maximum Gasteiger partial charge on any atom is 0.254 e. The lowest BCUT2D eigenvalue weighted by Crippen LogP contribution is -2.26. The second-order valence-electron chi connectivity index (χ2n) is 5.48. The largest absolute Gasteiger partial charge is 0.337 e. The maximum absolute atomic E-state index is 13.0. The molecule has 0 radical (unpaired) electrons. The smallest absolute Gasteiger partial charge is 0.254 e.